The number of para-hydroxylation sites is 2. The molecule has 0 amide bonds. The second-order valence-corrected chi connectivity index (χ2v) is 4.85. The van der Waals surface area contributed by atoms with Crippen LogP contribution in [0.3, 0.4) is 0 Å². The summed E-state index contributed by atoms with van der Waals surface area (Å²) in [7, 11) is 0. The summed E-state index contributed by atoms with van der Waals surface area (Å²) in [6.45, 7) is 4.17. The summed E-state index contributed by atoms with van der Waals surface area (Å²) < 4.78 is 0. The summed E-state index contributed by atoms with van der Waals surface area (Å²) in [6, 6.07) is 16.5. The van der Waals surface area contributed by atoms with Gasteiger partial charge in [-0.05, 0) is 37.1 Å². The van der Waals surface area contributed by atoms with Gasteiger partial charge in [-0.1, -0.05) is 36.4 Å². The molecule has 0 unspecified atom stereocenters. The van der Waals surface area contributed by atoms with E-state index in [2.05, 4.69) is 36.2 Å². The molecular formula is C17H16N2. The lowest BCUT2D eigenvalue weighted by Crippen LogP contribution is -2.01. The van der Waals surface area contributed by atoms with E-state index in [0.717, 1.165) is 28.8 Å². The molecule has 0 aliphatic heterocycles. The fourth-order valence-electron chi connectivity index (χ4n) is 2.28. The molecule has 0 bridgehead atoms. The first-order valence-electron chi connectivity index (χ1n) is 6.51. The molecule has 2 aromatic carbocycles. The van der Waals surface area contributed by atoms with Crippen LogP contribution in [0.25, 0.3) is 11.0 Å². The van der Waals surface area contributed by atoms with Crippen molar-refractivity contribution in [3.8, 4) is 0 Å². The lowest BCUT2D eigenvalue weighted by Gasteiger charge is -2.08. The number of hydrogen-bond acceptors (Lipinski definition) is 2. The number of aryl methyl sites for hydroxylation is 2. The highest BCUT2D eigenvalue weighted by Gasteiger charge is 2.07. The molecule has 2 heteroatoms. The van der Waals surface area contributed by atoms with Crippen LogP contribution < -0.4 is 0 Å². The monoisotopic (exact) mass is 248 g/mol. The van der Waals surface area contributed by atoms with Crippen molar-refractivity contribution in [1.82, 2.24) is 9.97 Å². The molecule has 3 aromatic rings. The molecule has 0 spiro atoms. The van der Waals surface area contributed by atoms with Gasteiger partial charge in [-0.15, -0.1) is 0 Å². The number of rotatable bonds is 2. The summed E-state index contributed by atoms with van der Waals surface area (Å²) in [6.07, 6.45) is 0.844. The third-order valence-electron chi connectivity index (χ3n) is 3.46. The van der Waals surface area contributed by atoms with Crippen molar-refractivity contribution >= 4 is 11.0 Å². The van der Waals surface area contributed by atoms with Crippen LogP contribution in [-0.4, -0.2) is 9.97 Å². The van der Waals surface area contributed by atoms with Gasteiger partial charge in [0.2, 0.25) is 0 Å². The Morgan fingerprint density at radius 1 is 0.789 bits per heavy atom. The van der Waals surface area contributed by atoms with Crippen molar-refractivity contribution in [3.05, 3.63) is 71.0 Å². The Hall–Kier alpha value is -2.22. The van der Waals surface area contributed by atoms with E-state index >= 15 is 0 Å². The second kappa shape index (κ2) is 4.81. The lowest BCUT2D eigenvalue weighted by atomic mass is 10.0. The van der Waals surface area contributed by atoms with Gasteiger partial charge >= 0.3 is 0 Å². The molecular weight excluding hydrogens is 232 g/mol. The minimum atomic E-state index is 0.844. The van der Waals surface area contributed by atoms with Crippen molar-refractivity contribution in [1.29, 1.82) is 0 Å². The summed E-state index contributed by atoms with van der Waals surface area (Å²) in [5, 5.41) is 0. The molecule has 1 heterocycles. The van der Waals surface area contributed by atoms with Gasteiger partial charge < -0.3 is 0 Å². The summed E-state index contributed by atoms with van der Waals surface area (Å²) in [4.78, 5) is 9.39. The molecule has 0 aliphatic carbocycles. The second-order valence-electron chi connectivity index (χ2n) is 4.85. The molecule has 0 aliphatic rings. The van der Waals surface area contributed by atoms with Crippen LogP contribution in [0, 0.1) is 13.8 Å². The van der Waals surface area contributed by atoms with Gasteiger partial charge in [-0.25, -0.2) is 9.97 Å². The predicted octanol–water partition coefficient (Wildman–Crippen LogP) is 3.84. The lowest BCUT2D eigenvalue weighted by molar-refractivity contribution is 1.01. The van der Waals surface area contributed by atoms with E-state index < -0.39 is 0 Å². The number of fused-ring (bicyclic) bond motifs is 1. The van der Waals surface area contributed by atoms with Gasteiger partial charge in [-0.3, -0.25) is 0 Å². The first-order chi connectivity index (χ1) is 9.24. The standard InChI is InChI=1S/C17H16N2/c1-12-7-3-4-8-14(12)11-17-13(2)18-15-9-5-6-10-16(15)19-17/h3-10H,11H2,1-2H3. The minimum Gasteiger partial charge on any atom is -0.250 e. The highest BCUT2D eigenvalue weighted by Crippen LogP contribution is 2.17. The normalized spacial score (nSPS) is 10.8. The zero-order valence-corrected chi connectivity index (χ0v) is 11.2. The summed E-state index contributed by atoms with van der Waals surface area (Å²) >= 11 is 0. The average molecular weight is 248 g/mol. The largest absolute Gasteiger partial charge is 0.250 e. The molecule has 2 nitrogen and oxygen atoms in total. The Morgan fingerprint density at radius 2 is 1.42 bits per heavy atom. The van der Waals surface area contributed by atoms with Crippen molar-refractivity contribution in [2.45, 2.75) is 20.3 Å². The average Bonchev–Trinajstić information content (AvgIpc) is 2.42. The Bertz CT molecular complexity index is 732. The van der Waals surface area contributed by atoms with Crippen LogP contribution >= 0.6 is 0 Å². The van der Waals surface area contributed by atoms with Gasteiger partial charge in [0.25, 0.3) is 0 Å². The molecule has 0 saturated heterocycles. The number of benzene rings is 2. The molecule has 1 aromatic heterocycles. The van der Waals surface area contributed by atoms with Crippen LogP contribution in [-0.2, 0) is 6.42 Å². The van der Waals surface area contributed by atoms with E-state index in [1.165, 1.54) is 11.1 Å². The van der Waals surface area contributed by atoms with Crippen molar-refractivity contribution in [2.75, 3.05) is 0 Å². The quantitative estimate of drug-likeness (QED) is 0.688. The number of hydrogen-bond donors (Lipinski definition) is 0. The Morgan fingerprint density at radius 3 is 2.16 bits per heavy atom. The van der Waals surface area contributed by atoms with E-state index in [1.54, 1.807) is 0 Å². The topological polar surface area (TPSA) is 25.8 Å². The molecule has 0 atom stereocenters. The van der Waals surface area contributed by atoms with Gasteiger partial charge in [0.15, 0.2) is 0 Å². The van der Waals surface area contributed by atoms with Gasteiger partial charge in [0, 0.05) is 6.42 Å². The van der Waals surface area contributed by atoms with E-state index in [9.17, 15) is 0 Å². The minimum absolute atomic E-state index is 0.844. The first-order valence-corrected chi connectivity index (χ1v) is 6.51. The van der Waals surface area contributed by atoms with E-state index in [-0.39, 0.29) is 0 Å². The third-order valence-corrected chi connectivity index (χ3v) is 3.46. The fraction of sp³-hybridized carbons (Fsp3) is 0.176. The predicted molar refractivity (Wildman–Crippen MR) is 78.3 cm³/mol. The molecule has 94 valence electrons. The summed E-state index contributed by atoms with van der Waals surface area (Å²) in [5.74, 6) is 0. The van der Waals surface area contributed by atoms with Gasteiger partial charge in [0.1, 0.15) is 0 Å². The number of nitrogens with zero attached hydrogens (tertiary/aromatic N) is 2. The maximum absolute atomic E-state index is 4.75. The summed E-state index contributed by atoms with van der Waals surface area (Å²) in [5.41, 5.74) is 6.63. The first kappa shape index (κ1) is 11.8. The van der Waals surface area contributed by atoms with Gasteiger partial charge in [-0.2, -0.15) is 0 Å². The van der Waals surface area contributed by atoms with Crippen LogP contribution in [0.5, 0.6) is 0 Å². The third kappa shape index (κ3) is 2.34. The van der Waals surface area contributed by atoms with Crippen LogP contribution in [0.4, 0.5) is 0 Å². The Balaban J connectivity index is 2.06. The molecule has 0 fully saturated rings. The zero-order valence-electron chi connectivity index (χ0n) is 11.2. The number of aromatic nitrogens is 2. The van der Waals surface area contributed by atoms with Crippen LogP contribution in [0.1, 0.15) is 22.5 Å². The van der Waals surface area contributed by atoms with Gasteiger partial charge in [0.05, 0.1) is 22.4 Å². The molecule has 0 N–H and O–H groups in total. The molecule has 0 radical (unpaired) electrons. The van der Waals surface area contributed by atoms with E-state index in [4.69, 9.17) is 4.98 Å². The van der Waals surface area contributed by atoms with Crippen LogP contribution in [0.2, 0.25) is 0 Å². The van der Waals surface area contributed by atoms with E-state index in [0.29, 0.717) is 0 Å². The fourth-order valence-corrected chi connectivity index (χ4v) is 2.28. The smallest absolute Gasteiger partial charge is 0.0890 e. The Labute approximate surface area is 113 Å². The van der Waals surface area contributed by atoms with Crippen molar-refractivity contribution in [2.24, 2.45) is 0 Å². The SMILES string of the molecule is Cc1ccccc1Cc1nc2ccccc2nc1C. The highest BCUT2D eigenvalue weighted by molar-refractivity contribution is 5.74. The maximum atomic E-state index is 4.75. The van der Waals surface area contributed by atoms with Crippen molar-refractivity contribution in [3.63, 3.8) is 0 Å². The van der Waals surface area contributed by atoms with Crippen LogP contribution in [0.15, 0.2) is 48.5 Å². The zero-order chi connectivity index (χ0) is 13.2. The molecule has 0 saturated carbocycles. The van der Waals surface area contributed by atoms with E-state index in [1.807, 2.05) is 31.2 Å². The molecule has 3 rings (SSSR count). The molecule has 19 heavy (non-hydrogen) atoms. The maximum Gasteiger partial charge on any atom is 0.0890 e. The Kier molecular flexibility index (Phi) is 3.00. The highest BCUT2D eigenvalue weighted by atomic mass is 14.8. The van der Waals surface area contributed by atoms with Crippen molar-refractivity contribution < 1.29 is 0 Å².